The Morgan fingerprint density at radius 2 is 2.12 bits per heavy atom. The quantitative estimate of drug-likeness (QED) is 0.702. The molecule has 1 aliphatic carbocycles. The highest BCUT2D eigenvalue weighted by Gasteiger charge is 2.28. The normalized spacial score (nSPS) is 14.1. The van der Waals surface area contributed by atoms with E-state index in [1.165, 1.54) is 12.8 Å². The van der Waals surface area contributed by atoms with Crippen LogP contribution in [0.15, 0.2) is 30.6 Å². The molecule has 0 radical (unpaired) electrons. The van der Waals surface area contributed by atoms with Crippen LogP contribution in [0, 0.1) is 11.8 Å². The van der Waals surface area contributed by atoms with Gasteiger partial charge in [0, 0.05) is 34.9 Å². The lowest BCUT2D eigenvalue weighted by molar-refractivity contribution is -0.135. The Kier molecular flexibility index (Phi) is 5.70. The minimum Gasteiger partial charge on any atom is -0.335 e. The molecule has 0 bridgehead atoms. The molecule has 1 heterocycles. The van der Waals surface area contributed by atoms with Crippen LogP contribution in [-0.2, 0) is 17.9 Å². The number of hydrogen-bond donors (Lipinski definition) is 0. The Labute approximate surface area is 158 Å². The van der Waals surface area contributed by atoms with Crippen molar-refractivity contribution >= 4 is 29.1 Å². The van der Waals surface area contributed by atoms with Crippen LogP contribution in [-0.4, -0.2) is 26.9 Å². The van der Waals surface area contributed by atoms with Crippen molar-refractivity contribution in [3.63, 3.8) is 0 Å². The third-order valence-electron chi connectivity index (χ3n) is 4.47. The molecular weight excluding hydrogens is 357 g/mol. The molecule has 1 fully saturated rings. The molecule has 1 aromatic heterocycles. The van der Waals surface area contributed by atoms with Gasteiger partial charge in [0.25, 0.3) is 0 Å². The minimum absolute atomic E-state index is 0.00660. The maximum Gasteiger partial charge on any atom is 0.225 e. The van der Waals surface area contributed by atoms with Crippen LogP contribution >= 0.6 is 23.2 Å². The first-order valence-electron chi connectivity index (χ1n) is 8.66. The third-order valence-corrected chi connectivity index (χ3v) is 5.06. The lowest BCUT2D eigenvalue weighted by atomic mass is 10.1. The summed E-state index contributed by atoms with van der Waals surface area (Å²) in [5.74, 6) is 1.70. The summed E-state index contributed by atoms with van der Waals surface area (Å²) in [6, 6.07) is 5.51. The van der Waals surface area contributed by atoms with Gasteiger partial charge in [0.1, 0.15) is 5.82 Å². The van der Waals surface area contributed by atoms with E-state index in [9.17, 15) is 4.79 Å². The first-order chi connectivity index (χ1) is 11.9. The van der Waals surface area contributed by atoms with Crippen molar-refractivity contribution in [1.82, 2.24) is 14.5 Å². The Balaban J connectivity index is 1.76. The number of aromatic nitrogens is 2. The third kappa shape index (κ3) is 4.77. The molecule has 1 saturated carbocycles. The van der Waals surface area contributed by atoms with Crippen molar-refractivity contribution in [1.29, 1.82) is 0 Å². The first kappa shape index (κ1) is 18.3. The second-order valence-corrected chi connectivity index (χ2v) is 7.87. The fourth-order valence-electron chi connectivity index (χ4n) is 2.85. The van der Waals surface area contributed by atoms with Gasteiger partial charge in [-0.15, -0.1) is 0 Å². The molecule has 25 heavy (non-hydrogen) atoms. The van der Waals surface area contributed by atoms with Gasteiger partial charge in [-0.25, -0.2) is 4.98 Å². The van der Waals surface area contributed by atoms with E-state index in [1.54, 1.807) is 12.3 Å². The van der Waals surface area contributed by atoms with Crippen molar-refractivity contribution in [3.05, 3.63) is 52.0 Å². The predicted molar refractivity (Wildman–Crippen MR) is 101 cm³/mol. The molecular formula is C19H23Cl2N3O. The second kappa shape index (κ2) is 7.79. The molecule has 134 valence electrons. The molecule has 4 nitrogen and oxygen atoms in total. The standard InChI is InChI=1S/C19H23Cl2N3O/c1-13(2)19(25)24(10-14-3-4-14)12-18-22-7-8-23(18)11-15-5-6-16(20)9-17(15)21/h5-9,13-14H,3-4,10-12H2,1-2H3. The van der Waals surface area contributed by atoms with Gasteiger partial charge in [0.05, 0.1) is 13.1 Å². The number of amides is 1. The molecule has 6 heteroatoms. The molecule has 0 saturated heterocycles. The number of benzene rings is 1. The number of nitrogens with zero attached hydrogens (tertiary/aromatic N) is 3. The molecule has 1 amide bonds. The number of imidazole rings is 1. The molecule has 2 aromatic rings. The van der Waals surface area contributed by atoms with Gasteiger partial charge in [-0.3, -0.25) is 4.79 Å². The van der Waals surface area contributed by atoms with E-state index in [4.69, 9.17) is 23.2 Å². The van der Waals surface area contributed by atoms with Gasteiger partial charge >= 0.3 is 0 Å². The minimum atomic E-state index is -0.00660. The number of hydrogen-bond acceptors (Lipinski definition) is 2. The first-order valence-corrected chi connectivity index (χ1v) is 9.42. The monoisotopic (exact) mass is 379 g/mol. The lowest BCUT2D eigenvalue weighted by Crippen LogP contribution is -2.36. The molecule has 1 aliphatic rings. The maximum absolute atomic E-state index is 12.5. The highest BCUT2D eigenvalue weighted by molar-refractivity contribution is 6.35. The Bertz CT molecular complexity index is 753. The van der Waals surface area contributed by atoms with Gasteiger partial charge in [0.2, 0.25) is 5.91 Å². The van der Waals surface area contributed by atoms with Crippen LogP contribution in [0.2, 0.25) is 10.0 Å². The predicted octanol–water partition coefficient (Wildman–Crippen LogP) is 4.63. The number of halogens is 2. The van der Waals surface area contributed by atoms with Crippen molar-refractivity contribution < 1.29 is 4.79 Å². The van der Waals surface area contributed by atoms with Crippen molar-refractivity contribution in [2.75, 3.05) is 6.54 Å². The largest absolute Gasteiger partial charge is 0.335 e. The topological polar surface area (TPSA) is 38.1 Å². The molecule has 0 unspecified atom stereocenters. The van der Waals surface area contributed by atoms with E-state index in [0.717, 1.165) is 17.9 Å². The van der Waals surface area contributed by atoms with Crippen LogP contribution in [0.3, 0.4) is 0 Å². The summed E-state index contributed by atoms with van der Waals surface area (Å²) in [6.45, 7) is 5.86. The van der Waals surface area contributed by atoms with Crippen LogP contribution in [0.5, 0.6) is 0 Å². The number of rotatable bonds is 7. The summed E-state index contributed by atoms with van der Waals surface area (Å²) in [5.41, 5.74) is 0.981. The van der Waals surface area contributed by atoms with E-state index in [1.807, 2.05) is 41.6 Å². The van der Waals surface area contributed by atoms with E-state index in [-0.39, 0.29) is 11.8 Å². The SMILES string of the molecule is CC(C)C(=O)N(Cc1nccn1Cc1ccc(Cl)cc1Cl)CC1CC1. The maximum atomic E-state index is 12.5. The fraction of sp³-hybridized carbons (Fsp3) is 0.474. The van der Waals surface area contributed by atoms with Crippen molar-refractivity contribution in [3.8, 4) is 0 Å². The van der Waals surface area contributed by atoms with Gasteiger partial charge in [-0.1, -0.05) is 43.1 Å². The molecule has 0 spiro atoms. The van der Waals surface area contributed by atoms with Crippen LogP contribution < -0.4 is 0 Å². The second-order valence-electron chi connectivity index (χ2n) is 7.02. The average Bonchev–Trinajstić information content (AvgIpc) is 3.27. The molecule has 0 N–H and O–H groups in total. The summed E-state index contributed by atoms with van der Waals surface area (Å²) in [4.78, 5) is 19.0. The summed E-state index contributed by atoms with van der Waals surface area (Å²) < 4.78 is 2.04. The van der Waals surface area contributed by atoms with E-state index in [0.29, 0.717) is 29.1 Å². The zero-order chi connectivity index (χ0) is 18.0. The Morgan fingerprint density at radius 3 is 2.76 bits per heavy atom. The lowest BCUT2D eigenvalue weighted by Gasteiger charge is -2.24. The summed E-state index contributed by atoms with van der Waals surface area (Å²) in [6.07, 6.45) is 6.14. The highest BCUT2D eigenvalue weighted by atomic mass is 35.5. The van der Waals surface area contributed by atoms with Gasteiger partial charge in [-0.05, 0) is 36.5 Å². The number of carbonyl (C=O) groups is 1. The van der Waals surface area contributed by atoms with Gasteiger partial charge in [0.15, 0.2) is 0 Å². The average molecular weight is 380 g/mol. The molecule has 0 aliphatic heterocycles. The molecule has 0 atom stereocenters. The molecule has 1 aromatic carbocycles. The zero-order valence-electron chi connectivity index (χ0n) is 14.6. The van der Waals surface area contributed by atoms with Crippen LogP contribution in [0.4, 0.5) is 0 Å². The van der Waals surface area contributed by atoms with E-state index < -0.39 is 0 Å². The highest BCUT2D eigenvalue weighted by Crippen LogP contribution is 2.30. The van der Waals surface area contributed by atoms with Crippen molar-refractivity contribution in [2.45, 2.75) is 39.8 Å². The van der Waals surface area contributed by atoms with Gasteiger partial charge < -0.3 is 9.47 Å². The van der Waals surface area contributed by atoms with Crippen LogP contribution in [0.25, 0.3) is 0 Å². The van der Waals surface area contributed by atoms with Crippen molar-refractivity contribution in [2.24, 2.45) is 11.8 Å². The summed E-state index contributed by atoms with van der Waals surface area (Å²) >= 11 is 12.3. The number of carbonyl (C=O) groups excluding carboxylic acids is 1. The molecule has 3 rings (SSSR count). The van der Waals surface area contributed by atoms with E-state index >= 15 is 0 Å². The van der Waals surface area contributed by atoms with Crippen LogP contribution in [0.1, 0.15) is 38.1 Å². The fourth-order valence-corrected chi connectivity index (χ4v) is 3.32. The Hall–Kier alpha value is -1.52. The zero-order valence-corrected chi connectivity index (χ0v) is 16.1. The summed E-state index contributed by atoms with van der Waals surface area (Å²) in [5, 5.41) is 1.26. The smallest absolute Gasteiger partial charge is 0.225 e. The van der Waals surface area contributed by atoms with E-state index in [2.05, 4.69) is 4.98 Å². The van der Waals surface area contributed by atoms with Gasteiger partial charge in [-0.2, -0.15) is 0 Å². The summed E-state index contributed by atoms with van der Waals surface area (Å²) in [7, 11) is 0. The Morgan fingerprint density at radius 1 is 1.36 bits per heavy atom.